The van der Waals surface area contributed by atoms with Gasteiger partial charge in [-0.3, -0.25) is 11.3 Å². The maximum Gasteiger partial charge on any atom is 0.128 e. The van der Waals surface area contributed by atoms with E-state index in [1.165, 1.54) is 0 Å². The standard InChI is InChI=1S/C14H23FN2O/c1-4-18-7-5-6-13(17-16)14-11(3)8-10(2)9-12(14)15/h8-9,13,17H,4-7,16H2,1-3H3. The molecule has 0 saturated carbocycles. The number of ether oxygens (including phenoxy) is 1. The maximum atomic E-state index is 14.0. The van der Waals surface area contributed by atoms with Crippen LogP contribution in [0.3, 0.4) is 0 Å². The van der Waals surface area contributed by atoms with Crippen molar-refractivity contribution < 1.29 is 9.13 Å². The van der Waals surface area contributed by atoms with Gasteiger partial charge in [-0.05, 0) is 50.8 Å². The van der Waals surface area contributed by atoms with Crippen LogP contribution in [0, 0.1) is 19.7 Å². The highest BCUT2D eigenvalue weighted by Crippen LogP contribution is 2.25. The Labute approximate surface area is 108 Å². The van der Waals surface area contributed by atoms with Gasteiger partial charge < -0.3 is 4.74 Å². The zero-order valence-corrected chi connectivity index (χ0v) is 11.4. The van der Waals surface area contributed by atoms with Crippen molar-refractivity contribution >= 4 is 0 Å². The minimum absolute atomic E-state index is 0.161. The Kier molecular flexibility index (Phi) is 6.25. The van der Waals surface area contributed by atoms with Gasteiger partial charge in [0, 0.05) is 24.8 Å². The molecule has 102 valence electrons. The second-order valence-electron chi connectivity index (χ2n) is 4.54. The predicted octanol–water partition coefficient (Wildman–Crippen LogP) is 2.76. The van der Waals surface area contributed by atoms with Gasteiger partial charge in [0.05, 0.1) is 0 Å². The van der Waals surface area contributed by atoms with Crippen molar-refractivity contribution in [3.8, 4) is 0 Å². The van der Waals surface area contributed by atoms with Gasteiger partial charge in [0.25, 0.3) is 0 Å². The molecule has 1 unspecified atom stereocenters. The van der Waals surface area contributed by atoms with Crippen LogP contribution in [0.1, 0.15) is 42.5 Å². The highest BCUT2D eigenvalue weighted by Gasteiger charge is 2.17. The first-order chi connectivity index (χ1) is 8.60. The molecule has 0 aliphatic rings. The molecular formula is C14H23FN2O. The van der Waals surface area contributed by atoms with E-state index >= 15 is 0 Å². The number of nitrogens with one attached hydrogen (secondary N) is 1. The summed E-state index contributed by atoms with van der Waals surface area (Å²) in [5, 5.41) is 0. The van der Waals surface area contributed by atoms with Crippen molar-refractivity contribution in [3.05, 3.63) is 34.6 Å². The molecule has 0 amide bonds. The number of rotatable bonds is 7. The predicted molar refractivity (Wildman–Crippen MR) is 71.7 cm³/mol. The summed E-state index contributed by atoms with van der Waals surface area (Å²) in [6.07, 6.45) is 1.62. The number of hydrogen-bond donors (Lipinski definition) is 2. The molecule has 0 saturated heterocycles. The molecule has 18 heavy (non-hydrogen) atoms. The zero-order valence-electron chi connectivity index (χ0n) is 11.4. The molecule has 1 atom stereocenters. The molecule has 1 aromatic rings. The largest absolute Gasteiger partial charge is 0.382 e. The summed E-state index contributed by atoms with van der Waals surface area (Å²) in [6.45, 7) is 7.15. The molecule has 4 heteroatoms. The SMILES string of the molecule is CCOCCCC(NN)c1c(C)cc(C)cc1F. The van der Waals surface area contributed by atoms with Crippen LogP contribution in [0.25, 0.3) is 0 Å². The van der Waals surface area contributed by atoms with Gasteiger partial charge in [0.15, 0.2) is 0 Å². The van der Waals surface area contributed by atoms with Gasteiger partial charge in [0.1, 0.15) is 5.82 Å². The number of benzene rings is 1. The number of nitrogens with two attached hydrogens (primary N) is 1. The quantitative estimate of drug-likeness (QED) is 0.447. The monoisotopic (exact) mass is 254 g/mol. The Bertz CT molecular complexity index is 359. The topological polar surface area (TPSA) is 47.3 Å². The van der Waals surface area contributed by atoms with Crippen LogP contribution in [0.4, 0.5) is 4.39 Å². The zero-order chi connectivity index (χ0) is 13.5. The van der Waals surface area contributed by atoms with E-state index < -0.39 is 0 Å². The Morgan fingerprint density at radius 3 is 2.67 bits per heavy atom. The van der Waals surface area contributed by atoms with E-state index in [4.69, 9.17) is 10.6 Å². The summed E-state index contributed by atoms with van der Waals surface area (Å²) in [5.74, 6) is 5.35. The van der Waals surface area contributed by atoms with Crippen LogP contribution in [0.5, 0.6) is 0 Å². The lowest BCUT2D eigenvalue weighted by atomic mass is 9.96. The third-order valence-corrected chi connectivity index (χ3v) is 3.02. The minimum Gasteiger partial charge on any atom is -0.382 e. The lowest BCUT2D eigenvalue weighted by Gasteiger charge is -2.19. The first-order valence-corrected chi connectivity index (χ1v) is 6.40. The fraction of sp³-hybridized carbons (Fsp3) is 0.571. The third kappa shape index (κ3) is 4.05. The van der Waals surface area contributed by atoms with E-state index in [9.17, 15) is 4.39 Å². The Balaban J connectivity index is 2.75. The van der Waals surface area contributed by atoms with Crippen LogP contribution in [-0.2, 0) is 4.74 Å². The van der Waals surface area contributed by atoms with Crippen molar-refractivity contribution in [2.24, 2.45) is 5.84 Å². The summed E-state index contributed by atoms with van der Waals surface area (Å²) in [7, 11) is 0. The molecular weight excluding hydrogens is 231 g/mol. The smallest absolute Gasteiger partial charge is 0.128 e. The van der Waals surface area contributed by atoms with Crippen LogP contribution >= 0.6 is 0 Å². The van der Waals surface area contributed by atoms with Crippen LogP contribution in [0.15, 0.2) is 12.1 Å². The van der Waals surface area contributed by atoms with Crippen LogP contribution in [0.2, 0.25) is 0 Å². The van der Waals surface area contributed by atoms with Crippen molar-refractivity contribution in [2.75, 3.05) is 13.2 Å². The Morgan fingerprint density at radius 2 is 2.11 bits per heavy atom. The Hall–Kier alpha value is -0.970. The van der Waals surface area contributed by atoms with Crippen molar-refractivity contribution in [1.82, 2.24) is 5.43 Å². The van der Waals surface area contributed by atoms with E-state index in [1.54, 1.807) is 6.07 Å². The lowest BCUT2D eigenvalue weighted by Crippen LogP contribution is -2.29. The van der Waals surface area contributed by atoms with Crippen LogP contribution < -0.4 is 11.3 Å². The van der Waals surface area contributed by atoms with E-state index in [0.29, 0.717) is 18.8 Å². The molecule has 0 heterocycles. The van der Waals surface area contributed by atoms with Gasteiger partial charge in [-0.25, -0.2) is 4.39 Å². The molecule has 0 spiro atoms. The van der Waals surface area contributed by atoms with E-state index in [-0.39, 0.29) is 11.9 Å². The fourth-order valence-electron chi connectivity index (χ4n) is 2.21. The average molecular weight is 254 g/mol. The van der Waals surface area contributed by atoms with E-state index in [1.807, 2.05) is 26.8 Å². The third-order valence-electron chi connectivity index (χ3n) is 3.02. The molecule has 3 N–H and O–H groups in total. The molecule has 0 aliphatic carbocycles. The molecule has 1 aromatic carbocycles. The summed E-state index contributed by atoms with van der Waals surface area (Å²) in [4.78, 5) is 0. The highest BCUT2D eigenvalue weighted by atomic mass is 19.1. The first-order valence-electron chi connectivity index (χ1n) is 6.40. The van der Waals surface area contributed by atoms with Gasteiger partial charge in [-0.1, -0.05) is 6.07 Å². The fourth-order valence-corrected chi connectivity index (χ4v) is 2.21. The number of hydrogen-bond acceptors (Lipinski definition) is 3. The van der Waals surface area contributed by atoms with Gasteiger partial charge in [-0.2, -0.15) is 0 Å². The van der Waals surface area contributed by atoms with Crippen molar-refractivity contribution in [3.63, 3.8) is 0 Å². The van der Waals surface area contributed by atoms with E-state index in [0.717, 1.165) is 24.0 Å². The number of halogens is 1. The van der Waals surface area contributed by atoms with Gasteiger partial charge in [0.2, 0.25) is 0 Å². The number of aryl methyl sites for hydroxylation is 2. The molecule has 0 aliphatic heterocycles. The molecule has 0 aromatic heterocycles. The van der Waals surface area contributed by atoms with Gasteiger partial charge in [-0.15, -0.1) is 0 Å². The van der Waals surface area contributed by atoms with Crippen molar-refractivity contribution in [2.45, 2.75) is 39.7 Å². The molecule has 3 nitrogen and oxygen atoms in total. The summed E-state index contributed by atoms with van der Waals surface area (Å²) in [5.41, 5.74) is 5.23. The van der Waals surface area contributed by atoms with Crippen LogP contribution in [-0.4, -0.2) is 13.2 Å². The highest BCUT2D eigenvalue weighted by molar-refractivity contribution is 5.34. The molecule has 0 fully saturated rings. The summed E-state index contributed by atoms with van der Waals surface area (Å²) in [6, 6.07) is 3.37. The Morgan fingerprint density at radius 1 is 1.39 bits per heavy atom. The van der Waals surface area contributed by atoms with E-state index in [2.05, 4.69) is 5.43 Å². The minimum atomic E-state index is -0.188. The average Bonchev–Trinajstić information content (AvgIpc) is 2.31. The number of hydrazine groups is 1. The normalized spacial score (nSPS) is 12.7. The maximum absolute atomic E-state index is 14.0. The lowest BCUT2D eigenvalue weighted by molar-refractivity contribution is 0.140. The molecule has 0 radical (unpaired) electrons. The summed E-state index contributed by atoms with van der Waals surface area (Å²) < 4.78 is 19.3. The van der Waals surface area contributed by atoms with Crippen molar-refractivity contribution in [1.29, 1.82) is 0 Å². The first kappa shape index (κ1) is 15.1. The second-order valence-corrected chi connectivity index (χ2v) is 4.54. The molecule has 1 rings (SSSR count). The summed E-state index contributed by atoms with van der Waals surface area (Å²) >= 11 is 0. The molecule has 0 bridgehead atoms. The second kappa shape index (κ2) is 7.46. The van der Waals surface area contributed by atoms with Gasteiger partial charge >= 0.3 is 0 Å².